The first-order valence-electron chi connectivity index (χ1n) is 7.16. The summed E-state index contributed by atoms with van der Waals surface area (Å²) in [6, 6.07) is 3.40. The van der Waals surface area contributed by atoms with Crippen LogP contribution in [-0.4, -0.2) is 15.4 Å². The number of benzene rings is 1. The minimum absolute atomic E-state index is 0.105. The lowest BCUT2D eigenvalue weighted by atomic mass is 9.81. The van der Waals surface area contributed by atoms with Crippen LogP contribution in [0.1, 0.15) is 33.5 Å². The summed E-state index contributed by atoms with van der Waals surface area (Å²) < 4.78 is 16.7. The Labute approximate surface area is 144 Å². The van der Waals surface area contributed by atoms with Crippen molar-refractivity contribution in [1.82, 2.24) is 9.55 Å². The van der Waals surface area contributed by atoms with E-state index in [1.807, 2.05) is 28.7 Å². The van der Waals surface area contributed by atoms with Gasteiger partial charge in [-0.05, 0) is 40.0 Å². The molecule has 0 atom stereocenters. The van der Waals surface area contributed by atoms with Gasteiger partial charge in [-0.2, -0.15) is 0 Å². The van der Waals surface area contributed by atoms with E-state index in [9.17, 15) is 4.39 Å². The smallest absolute Gasteiger partial charge is 0.138 e. The molecule has 0 aliphatic heterocycles. The van der Waals surface area contributed by atoms with Gasteiger partial charge in [0.25, 0.3) is 0 Å². The van der Waals surface area contributed by atoms with Crippen LogP contribution in [0.25, 0.3) is 11.0 Å². The highest BCUT2D eigenvalue weighted by molar-refractivity contribution is 14.1. The molecule has 0 amide bonds. The van der Waals surface area contributed by atoms with Crippen LogP contribution in [0, 0.1) is 20.7 Å². The molecule has 0 spiro atoms. The van der Waals surface area contributed by atoms with E-state index >= 15 is 0 Å². The molecule has 5 heteroatoms. The second-order valence-corrected chi connectivity index (χ2v) is 7.99. The fourth-order valence-electron chi connectivity index (χ4n) is 2.21. The third-order valence-electron chi connectivity index (χ3n) is 4.32. The Balaban J connectivity index is 2.58. The molecule has 0 N–H and O–H groups in total. The van der Waals surface area contributed by atoms with Crippen molar-refractivity contribution < 1.29 is 4.39 Å². The Hall–Kier alpha value is -0.360. The summed E-state index contributed by atoms with van der Waals surface area (Å²) in [5, 5.41) is 0. The lowest BCUT2D eigenvalue weighted by Crippen LogP contribution is -2.26. The van der Waals surface area contributed by atoms with Gasteiger partial charge in [0.2, 0.25) is 0 Å². The highest BCUT2D eigenvalue weighted by Crippen LogP contribution is 2.31. The quantitative estimate of drug-likeness (QED) is 0.476. The van der Waals surface area contributed by atoms with Gasteiger partial charge in [-0.1, -0.05) is 27.7 Å². The Kier molecular flexibility index (Phi) is 5.19. The minimum atomic E-state index is -0.191. The highest BCUT2D eigenvalue weighted by atomic mass is 127. The number of rotatable bonds is 5. The van der Waals surface area contributed by atoms with Gasteiger partial charge in [0.05, 0.1) is 14.6 Å². The summed E-state index contributed by atoms with van der Waals surface area (Å²) in [5.41, 5.74) is 1.82. The fraction of sp³-hybridized carbons (Fsp3) is 0.562. The Morgan fingerprint density at radius 2 is 2.05 bits per heavy atom. The predicted octanol–water partition coefficient (Wildman–Crippen LogP) is 5.24. The summed E-state index contributed by atoms with van der Waals surface area (Å²) >= 11 is 7.91. The molecule has 1 aromatic carbocycles. The molecule has 2 aromatic rings. The largest absolute Gasteiger partial charge is 0.327 e. The van der Waals surface area contributed by atoms with Crippen LogP contribution in [0.5, 0.6) is 0 Å². The molecule has 0 saturated heterocycles. The number of halogens is 3. The van der Waals surface area contributed by atoms with Crippen LogP contribution in [-0.2, 0) is 13.0 Å². The summed E-state index contributed by atoms with van der Waals surface area (Å²) in [4.78, 5) is 4.65. The third-order valence-corrected chi connectivity index (χ3v) is 5.33. The van der Waals surface area contributed by atoms with Gasteiger partial charge >= 0.3 is 0 Å². The standard InChI is InChI=1S/C16H21ClFIN2/c1-10(2)16(3,4)9-21-14-7-11(18)12(19)8-13(14)20-15(21)5-6-17/h7-8,10H,5-6,9H2,1-4H3. The SMILES string of the molecule is CC(C)C(C)(C)Cn1c(CCCl)nc2cc(I)c(F)cc21. The normalized spacial score (nSPS) is 12.6. The van der Waals surface area contributed by atoms with Crippen molar-refractivity contribution in [1.29, 1.82) is 0 Å². The van der Waals surface area contributed by atoms with Crippen LogP contribution in [0.3, 0.4) is 0 Å². The van der Waals surface area contributed by atoms with Crippen molar-refractivity contribution in [2.75, 3.05) is 5.88 Å². The van der Waals surface area contributed by atoms with Gasteiger partial charge in [-0.3, -0.25) is 0 Å². The summed E-state index contributed by atoms with van der Waals surface area (Å²) in [6.07, 6.45) is 0.697. The van der Waals surface area contributed by atoms with E-state index in [1.54, 1.807) is 6.07 Å². The van der Waals surface area contributed by atoms with Gasteiger partial charge in [0, 0.05) is 24.9 Å². The first kappa shape index (κ1) is 17.0. The number of nitrogens with zero attached hydrogens (tertiary/aromatic N) is 2. The molecular formula is C16H21ClFIN2. The Morgan fingerprint density at radius 1 is 1.38 bits per heavy atom. The summed E-state index contributed by atoms with van der Waals surface area (Å²) in [7, 11) is 0. The number of aromatic nitrogens is 2. The van der Waals surface area contributed by atoms with E-state index in [2.05, 4.69) is 37.2 Å². The molecule has 0 saturated carbocycles. The van der Waals surface area contributed by atoms with Crippen molar-refractivity contribution >= 4 is 45.2 Å². The number of imidazole rings is 1. The Bertz CT molecular complexity index is 649. The molecule has 0 unspecified atom stereocenters. The van der Waals surface area contributed by atoms with E-state index in [0.29, 0.717) is 21.8 Å². The van der Waals surface area contributed by atoms with E-state index in [4.69, 9.17) is 11.6 Å². The molecule has 0 aliphatic carbocycles. The highest BCUT2D eigenvalue weighted by Gasteiger charge is 2.25. The molecule has 2 rings (SSSR count). The van der Waals surface area contributed by atoms with E-state index in [0.717, 1.165) is 23.4 Å². The second-order valence-electron chi connectivity index (χ2n) is 6.45. The maximum absolute atomic E-state index is 13.9. The zero-order valence-corrected chi connectivity index (χ0v) is 15.8. The average molecular weight is 423 g/mol. The average Bonchev–Trinajstić information content (AvgIpc) is 2.68. The van der Waals surface area contributed by atoms with Crippen molar-refractivity contribution in [2.45, 2.75) is 40.7 Å². The second kappa shape index (κ2) is 6.41. The molecule has 116 valence electrons. The lowest BCUT2D eigenvalue weighted by Gasteiger charge is -2.30. The van der Waals surface area contributed by atoms with E-state index < -0.39 is 0 Å². The van der Waals surface area contributed by atoms with Gasteiger partial charge in [0.1, 0.15) is 11.6 Å². The minimum Gasteiger partial charge on any atom is -0.327 e. The summed E-state index contributed by atoms with van der Waals surface area (Å²) in [5.74, 6) is 1.79. The molecule has 0 aliphatic rings. The van der Waals surface area contributed by atoms with Gasteiger partial charge < -0.3 is 4.57 Å². The predicted molar refractivity (Wildman–Crippen MR) is 95.5 cm³/mol. The fourth-order valence-corrected chi connectivity index (χ4v) is 2.83. The van der Waals surface area contributed by atoms with Crippen molar-refractivity contribution in [3.8, 4) is 0 Å². The van der Waals surface area contributed by atoms with Crippen LogP contribution in [0.4, 0.5) is 4.39 Å². The van der Waals surface area contributed by atoms with Crippen LogP contribution in [0.2, 0.25) is 0 Å². The lowest BCUT2D eigenvalue weighted by molar-refractivity contribution is 0.210. The first-order chi connectivity index (χ1) is 9.76. The molecule has 0 fully saturated rings. The van der Waals surface area contributed by atoms with Crippen molar-refractivity contribution in [3.63, 3.8) is 0 Å². The molecule has 21 heavy (non-hydrogen) atoms. The maximum Gasteiger partial charge on any atom is 0.138 e. The van der Waals surface area contributed by atoms with Crippen LogP contribution < -0.4 is 0 Å². The van der Waals surface area contributed by atoms with Crippen molar-refractivity contribution in [3.05, 3.63) is 27.3 Å². The number of hydrogen-bond donors (Lipinski definition) is 0. The molecule has 1 aromatic heterocycles. The van der Waals surface area contributed by atoms with E-state index in [1.165, 1.54) is 0 Å². The number of fused-ring (bicyclic) bond motifs is 1. The molecule has 2 nitrogen and oxygen atoms in total. The van der Waals surface area contributed by atoms with Crippen LogP contribution in [0.15, 0.2) is 12.1 Å². The third kappa shape index (κ3) is 3.52. The first-order valence-corrected chi connectivity index (χ1v) is 8.77. The summed E-state index contributed by atoms with van der Waals surface area (Å²) in [6.45, 7) is 9.70. The zero-order chi connectivity index (χ0) is 15.8. The number of hydrogen-bond acceptors (Lipinski definition) is 1. The van der Waals surface area contributed by atoms with Crippen LogP contribution >= 0.6 is 34.2 Å². The molecule has 0 radical (unpaired) electrons. The molecular weight excluding hydrogens is 402 g/mol. The van der Waals surface area contributed by atoms with E-state index in [-0.39, 0.29) is 11.2 Å². The Morgan fingerprint density at radius 3 is 2.62 bits per heavy atom. The van der Waals surface area contributed by atoms with Crippen molar-refractivity contribution in [2.24, 2.45) is 11.3 Å². The number of aryl methyl sites for hydroxylation is 1. The monoisotopic (exact) mass is 422 g/mol. The topological polar surface area (TPSA) is 17.8 Å². The zero-order valence-electron chi connectivity index (χ0n) is 12.9. The number of alkyl halides is 1. The maximum atomic E-state index is 13.9. The molecule has 0 bridgehead atoms. The van der Waals surface area contributed by atoms with Gasteiger partial charge in [-0.15, -0.1) is 11.6 Å². The van der Waals surface area contributed by atoms with Gasteiger partial charge in [0.15, 0.2) is 0 Å². The van der Waals surface area contributed by atoms with Gasteiger partial charge in [-0.25, -0.2) is 9.37 Å². The molecule has 1 heterocycles.